The van der Waals surface area contributed by atoms with Crippen molar-refractivity contribution in [1.82, 2.24) is 0 Å². The average Bonchev–Trinajstić information content (AvgIpc) is 2.49. The summed E-state index contributed by atoms with van der Waals surface area (Å²) in [5.41, 5.74) is 0.108. The molecule has 1 aliphatic heterocycles. The van der Waals surface area contributed by atoms with Crippen LogP contribution in [0.2, 0.25) is 0 Å². The number of para-hydroxylation sites is 1. The summed E-state index contributed by atoms with van der Waals surface area (Å²) < 4.78 is 23.7. The molecule has 0 spiro atoms. The van der Waals surface area contributed by atoms with Gasteiger partial charge in [0.2, 0.25) is 0 Å². The van der Waals surface area contributed by atoms with Gasteiger partial charge in [0.05, 0.1) is 16.2 Å². The zero-order valence-corrected chi connectivity index (χ0v) is 12.3. The molecule has 0 aromatic heterocycles. The first-order valence-electron chi connectivity index (χ1n) is 6.56. The van der Waals surface area contributed by atoms with Crippen molar-refractivity contribution < 1.29 is 13.5 Å². The van der Waals surface area contributed by atoms with E-state index in [0.717, 1.165) is 25.1 Å². The highest BCUT2D eigenvalue weighted by Crippen LogP contribution is 2.29. The average molecular weight is 283 g/mol. The molecule has 5 heteroatoms. The molecule has 1 unspecified atom stereocenters. The Labute approximate surface area is 115 Å². The number of aliphatic hydroxyl groups is 1. The van der Waals surface area contributed by atoms with Gasteiger partial charge in [0, 0.05) is 19.3 Å². The normalized spacial score (nSPS) is 25.1. The van der Waals surface area contributed by atoms with E-state index < -0.39 is 15.4 Å². The molecule has 0 bridgehead atoms. The van der Waals surface area contributed by atoms with Gasteiger partial charge in [-0.15, -0.1) is 0 Å². The Hall–Kier alpha value is -1.07. The van der Waals surface area contributed by atoms with Crippen LogP contribution in [0.3, 0.4) is 0 Å². The number of benzene rings is 1. The molecule has 4 nitrogen and oxygen atoms in total. The van der Waals surface area contributed by atoms with Crippen molar-refractivity contribution in [3.05, 3.63) is 24.3 Å². The fourth-order valence-electron chi connectivity index (χ4n) is 2.54. The molecule has 1 heterocycles. The van der Waals surface area contributed by atoms with Crippen molar-refractivity contribution in [2.75, 3.05) is 24.2 Å². The molecule has 1 aliphatic rings. The van der Waals surface area contributed by atoms with Crippen LogP contribution >= 0.6 is 0 Å². The van der Waals surface area contributed by atoms with E-state index >= 15 is 0 Å². The summed E-state index contributed by atoms with van der Waals surface area (Å²) in [5, 5.41) is 10.1. The first kappa shape index (κ1) is 14.3. The van der Waals surface area contributed by atoms with Crippen LogP contribution in [0.15, 0.2) is 29.2 Å². The lowest BCUT2D eigenvalue weighted by atomic mass is 9.98. The molecular formula is C14H21NO3S. The van der Waals surface area contributed by atoms with Gasteiger partial charge in [-0.2, -0.15) is 0 Å². The van der Waals surface area contributed by atoms with Crippen LogP contribution in [0.25, 0.3) is 0 Å². The lowest BCUT2D eigenvalue weighted by Gasteiger charge is -2.25. The molecule has 0 aliphatic carbocycles. The van der Waals surface area contributed by atoms with E-state index in [4.69, 9.17) is 0 Å². The van der Waals surface area contributed by atoms with Gasteiger partial charge in [-0.05, 0) is 38.3 Å². The standard InChI is InChI=1S/C14H21NO3S/c1-14(16)8-5-10-15(11-9-14)12-6-3-4-7-13(12)19(2,17)18/h3-4,6-7,16H,5,8-11H2,1-2H3. The Morgan fingerprint density at radius 1 is 1.21 bits per heavy atom. The molecule has 2 rings (SSSR count). The Morgan fingerprint density at radius 2 is 1.89 bits per heavy atom. The molecule has 106 valence electrons. The van der Waals surface area contributed by atoms with E-state index in [2.05, 4.69) is 4.90 Å². The molecule has 1 saturated heterocycles. The van der Waals surface area contributed by atoms with Gasteiger partial charge in [0.25, 0.3) is 0 Å². The molecule has 1 N–H and O–H groups in total. The van der Waals surface area contributed by atoms with Crippen LogP contribution in [0.5, 0.6) is 0 Å². The van der Waals surface area contributed by atoms with Crippen LogP contribution in [0, 0.1) is 0 Å². The third kappa shape index (κ3) is 3.48. The van der Waals surface area contributed by atoms with Crippen molar-refractivity contribution in [1.29, 1.82) is 0 Å². The minimum atomic E-state index is -3.23. The second-order valence-corrected chi connectivity index (χ2v) is 7.56. The van der Waals surface area contributed by atoms with Gasteiger partial charge >= 0.3 is 0 Å². The van der Waals surface area contributed by atoms with E-state index in [9.17, 15) is 13.5 Å². The van der Waals surface area contributed by atoms with Crippen molar-refractivity contribution in [2.24, 2.45) is 0 Å². The lowest BCUT2D eigenvalue weighted by molar-refractivity contribution is 0.0481. The summed E-state index contributed by atoms with van der Waals surface area (Å²) >= 11 is 0. The second-order valence-electron chi connectivity index (χ2n) is 5.58. The largest absolute Gasteiger partial charge is 0.390 e. The maximum atomic E-state index is 11.8. The van der Waals surface area contributed by atoms with Gasteiger partial charge in [-0.3, -0.25) is 0 Å². The maximum absolute atomic E-state index is 11.8. The van der Waals surface area contributed by atoms with E-state index in [1.165, 1.54) is 6.26 Å². The SMILES string of the molecule is CC1(O)CCCN(c2ccccc2S(C)(=O)=O)CC1. The summed E-state index contributed by atoms with van der Waals surface area (Å²) in [7, 11) is -3.23. The van der Waals surface area contributed by atoms with Gasteiger partial charge in [0.15, 0.2) is 9.84 Å². The monoisotopic (exact) mass is 283 g/mol. The van der Waals surface area contributed by atoms with E-state index in [-0.39, 0.29) is 0 Å². The Morgan fingerprint density at radius 3 is 2.58 bits per heavy atom. The molecule has 1 fully saturated rings. The van der Waals surface area contributed by atoms with Gasteiger partial charge in [-0.1, -0.05) is 12.1 Å². The number of rotatable bonds is 2. The van der Waals surface area contributed by atoms with Crippen LogP contribution in [0.4, 0.5) is 5.69 Å². The predicted octanol–water partition coefficient (Wildman–Crippen LogP) is 1.83. The van der Waals surface area contributed by atoms with Gasteiger partial charge < -0.3 is 10.0 Å². The minimum absolute atomic E-state index is 0.372. The van der Waals surface area contributed by atoms with E-state index in [0.29, 0.717) is 17.9 Å². The van der Waals surface area contributed by atoms with E-state index in [1.807, 2.05) is 19.1 Å². The smallest absolute Gasteiger partial charge is 0.177 e. The summed E-state index contributed by atoms with van der Waals surface area (Å²) in [4.78, 5) is 2.44. The van der Waals surface area contributed by atoms with E-state index in [1.54, 1.807) is 12.1 Å². The molecule has 1 aromatic carbocycles. The summed E-state index contributed by atoms with van der Waals surface area (Å²) in [5.74, 6) is 0. The Bertz CT molecular complexity index is 552. The topological polar surface area (TPSA) is 57.6 Å². The fourth-order valence-corrected chi connectivity index (χ4v) is 3.44. The lowest BCUT2D eigenvalue weighted by Crippen LogP contribution is -2.29. The van der Waals surface area contributed by atoms with Crippen molar-refractivity contribution in [3.8, 4) is 0 Å². The van der Waals surface area contributed by atoms with Gasteiger partial charge in [-0.25, -0.2) is 8.42 Å². The zero-order valence-electron chi connectivity index (χ0n) is 11.5. The van der Waals surface area contributed by atoms with Crippen LogP contribution < -0.4 is 4.90 Å². The number of anilines is 1. The highest BCUT2D eigenvalue weighted by molar-refractivity contribution is 7.90. The Kier molecular flexibility index (Phi) is 3.87. The summed E-state index contributed by atoms with van der Waals surface area (Å²) in [6.45, 7) is 3.31. The molecule has 19 heavy (non-hydrogen) atoms. The third-order valence-electron chi connectivity index (χ3n) is 3.67. The first-order valence-corrected chi connectivity index (χ1v) is 8.45. The molecular weight excluding hydrogens is 262 g/mol. The van der Waals surface area contributed by atoms with Crippen LogP contribution in [-0.2, 0) is 9.84 Å². The molecule has 0 saturated carbocycles. The van der Waals surface area contributed by atoms with Crippen LogP contribution in [-0.4, -0.2) is 38.5 Å². The zero-order chi connectivity index (χ0) is 14.1. The predicted molar refractivity (Wildman–Crippen MR) is 76.2 cm³/mol. The van der Waals surface area contributed by atoms with Crippen molar-refractivity contribution >= 4 is 15.5 Å². The summed E-state index contributed by atoms with van der Waals surface area (Å²) in [6, 6.07) is 7.09. The maximum Gasteiger partial charge on any atom is 0.177 e. The van der Waals surface area contributed by atoms with Gasteiger partial charge in [0.1, 0.15) is 0 Å². The first-order chi connectivity index (χ1) is 8.80. The minimum Gasteiger partial charge on any atom is -0.390 e. The van der Waals surface area contributed by atoms with Crippen molar-refractivity contribution in [3.63, 3.8) is 0 Å². The third-order valence-corrected chi connectivity index (χ3v) is 4.81. The Balaban J connectivity index is 2.32. The summed E-state index contributed by atoms with van der Waals surface area (Å²) in [6.07, 6.45) is 3.51. The molecule has 0 radical (unpaired) electrons. The molecule has 0 amide bonds. The highest BCUT2D eigenvalue weighted by atomic mass is 32.2. The number of sulfone groups is 1. The number of nitrogens with zero attached hydrogens (tertiary/aromatic N) is 1. The molecule has 1 atom stereocenters. The number of hydrogen-bond acceptors (Lipinski definition) is 4. The fraction of sp³-hybridized carbons (Fsp3) is 0.571. The quantitative estimate of drug-likeness (QED) is 0.899. The number of hydrogen-bond donors (Lipinski definition) is 1. The second kappa shape index (κ2) is 5.13. The highest BCUT2D eigenvalue weighted by Gasteiger charge is 2.26. The van der Waals surface area contributed by atoms with Crippen molar-refractivity contribution in [2.45, 2.75) is 36.7 Å². The van der Waals surface area contributed by atoms with Crippen LogP contribution in [0.1, 0.15) is 26.2 Å². The molecule has 1 aromatic rings.